The molecule has 0 bridgehead atoms. The fraction of sp³-hybridized carbons (Fsp3) is 0.917. The molecule has 0 aromatic carbocycles. The van der Waals surface area contributed by atoms with E-state index in [1.807, 2.05) is 20.8 Å². The average Bonchev–Trinajstić information content (AvgIpc) is 2.89. The van der Waals surface area contributed by atoms with Gasteiger partial charge in [-0.15, -0.1) is 0 Å². The summed E-state index contributed by atoms with van der Waals surface area (Å²) >= 11 is 3.70. The van der Waals surface area contributed by atoms with Gasteiger partial charge in [-0.25, -0.2) is 4.79 Å². The van der Waals surface area contributed by atoms with Crippen molar-refractivity contribution in [2.45, 2.75) is 56.5 Å². The minimum atomic E-state index is -0.432. The molecule has 0 heterocycles. The molecule has 1 aliphatic rings. The van der Waals surface area contributed by atoms with E-state index in [0.29, 0.717) is 16.9 Å². The second kappa shape index (κ2) is 5.57. The van der Waals surface area contributed by atoms with Crippen molar-refractivity contribution in [3.8, 4) is 0 Å². The second-order valence-corrected chi connectivity index (χ2v) is 7.22. The Balaban J connectivity index is 2.06. The Morgan fingerprint density at radius 1 is 1.41 bits per heavy atom. The SMILES string of the molecule is CC(NCCNC(=O)OC(C)(C)C)C1(Br)CC1. The van der Waals surface area contributed by atoms with Gasteiger partial charge in [-0.05, 0) is 40.5 Å². The van der Waals surface area contributed by atoms with Crippen LogP contribution in [0, 0.1) is 0 Å². The lowest BCUT2D eigenvalue weighted by molar-refractivity contribution is 0.0528. The number of alkyl carbamates (subject to hydrolysis) is 1. The van der Waals surface area contributed by atoms with Crippen molar-refractivity contribution >= 4 is 22.0 Å². The summed E-state index contributed by atoms with van der Waals surface area (Å²) in [6, 6.07) is 0.433. The van der Waals surface area contributed by atoms with E-state index in [-0.39, 0.29) is 6.09 Å². The molecular weight excluding hydrogens is 284 g/mol. The van der Waals surface area contributed by atoms with Gasteiger partial charge in [0.1, 0.15) is 5.60 Å². The van der Waals surface area contributed by atoms with Gasteiger partial charge in [0.15, 0.2) is 0 Å². The van der Waals surface area contributed by atoms with Crippen LogP contribution in [0.2, 0.25) is 0 Å². The van der Waals surface area contributed by atoms with Crippen molar-refractivity contribution < 1.29 is 9.53 Å². The number of nitrogens with one attached hydrogen (secondary N) is 2. The van der Waals surface area contributed by atoms with Crippen molar-refractivity contribution in [1.29, 1.82) is 0 Å². The fourth-order valence-electron chi connectivity index (χ4n) is 1.50. The highest BCUT2D eigenvalue weighted by Crippen LogP contribution is 2.47. The fourth-order valence-corrected chi connectivity index (χ4v) is 1.86. The number of amides is 1. The van der Waals surface area contributed by atoms with Gasteiger partial charge in [0.2, 0.25) is 0 Å². The number of hydrogen-bond acceptors (Lipinski definition) is 3. The van der Waals surface area contributed by atoms with Crippen LogP contribution in [0.1, 0.15) is 40.5 Å². The van der Waals surface area contributed by atoms with Crippen LogP contribution < -0.4 is 10.6 Å². The predicted molar refractivity (Wildman–Crippen MR) is 72.6 cm³/mol. The van der Waals surface area contributed by atoms with Gasteiger partial charge in [-0.3, -0.25) is 0 Å². The molecule has 1 atom stereocenters. The number of alkyl halides is 1. The van der Waals surface area contributed by atoms with Crippen molar-refractivity contribution in [2.75, 3.05) is 13.1 Å². The van der Waals surface area contributed by atoms with Gasteiger partial charge < -0.3 is 15.4 Å². The van der Waals surface area contributed by atoms with E-state index in [9.17, 15) is 4.79 Å². The van der Waals surface area contributed by atoms with Crippen molar-refractivity contribution in [1.82, 2.24) is 10.6 Å². The molecule has 5 heteroatoms. The first-order valence-electron chi connectivity index (χ1n) is 6.12. The highest BCUT2D eigenvalue weighted by Gasteiger charge is 2.44. The van der Waals surface area contributed by atoms with Crippen LogP contribution in [0.5, 0.6) is 0 Å². The molecule has 0 spiro atoms. The smallest absolute Gasteiger partial charge is 0.407 e. The Labute approximate surface area is 112 Å². The van der Waals surface area contributed by atoms with Crippen LogP contribution >= 0.6 is 15.9 Å². The molecule has 1 unspecified atom stereocenters. The third-order valence-electron chi connectivity index (χ3n) is 2.75. The molecule has 0 saturated heterocycles. The average molecular weight is 307 g/mol. The molecule has 1 saturated carbocycles. The first-order valence-corrected chi connectivity index (χ1v) is 6.91. The van der Waals surface area contributed by atoms with Crippen LogP contribution in [-0.4, -0.2) is 35.1 Å². The Hall–Kier alpha value is -0.290. The summed E-state index contributed by atoms with van der Waals surface area (Å²) in [4.78, 5) is 11.3. The topological polar surface area (TPSA) is 50.4 Å². The first kappa shape index (κ1) is 14.8. The van der Waals surface area contributed by atoms with Gasteiger partial charge in [-0.1, -0.05) is 15.9 Å². The Kier molecular flexibility index (Phi) is 4.84. The number of halogens is 1. The molecule has 4 nitrogen and oxygen atoms in total. The molecule has 0 aliphatic heterocycles. The van der Waals surface area contributed by atoms with E-state index < -0.39 is 5.60 Å². The van der Waals surface area contributed by atoms with Crippen LogP contribution in [0.3, 0.4) is 0 Å². The summed E-state index contributed by atoms with van der Waals surface area (Å²) in [5.74, 6) is 0. The maximum Gasteiger partial charge on any atom is 0.407 e. The highest BCUT2D eigenvalue weighted by molar-refractivity contribution is 9.10. The maximum atomic E-state index is 11.3. The number of carbonyl (C=O) groups is 1. The van der Waals surface area contributed by atoms with E-state index in [1.165, 1.54) is 12.8 Å². The van der Waals surface area contributed by atoms with Crippen LogP contribution in [0.4, 0.5) is 4.79 Å². The van der Waals surface area contributed by atoms with Gasteiger partial charge in [-0.2, -0.15) is 0 Å². The monoisotopic (exact) mass is 306 g/mol. The number of rotatable bonds is 5. The van der Waals surface area contributed by atoms with Gasteiger partial charge >= 0.3 is 6.09 Å². The third-order valence-corrected chi connectivity index (χ3v) is 4.23. The minimum Gasteiger partial charge on any atom is -0.444 e. The molecule has 17 heavy (non-hydrogen) atoms. The molecule has 1 fully saturated rings. The molecule has 0 aromatic heterocycles. The minimum absolute atomic E-state index is 0.291. The zero-order valence-electron chi connectivity index (χ0n) is 11.1. The van der Waals surface area contributed by atoms with E-state index in [2.05, 4.69) is 33.5 Å². The lowest BCUT2D eigenvalue weighted by Crippen LogP contribution is -2.41. The zero-order valence-corrected chi connectivity index (χ0v) is 12.7. The second-order valence-electron chi connectivity index (χ2n) is 5.64. The summed E-state index contributed by atoms with van der Waals surface area (Å²) in [7, 11) is 0. The predicted octanol–water partition coefficient (Wildman–Crippen LogP) is 2.42. The van der Waals surface area contributed by atoms with Gasteiger partial charge in [0, 0.05) is 23.5 Å². The van der Waals surface area contributed by atoms with Crippen molar-refractivity contribution in [3.05, 3.63) is 0 Å². The molecule has 1 amide bonds. The summed E-state index contributed by atoms with van der Waals surface area (Å²) in [5, 5.41) is 6.11. The van der Waals surface area contributed by atoms with Gasteiger partial charge in [0.05, 0.1) is 0 Å². The van der Waals surface area contributed by atoms with Crippen LogP contribution in [-0.2, 0) is 4.74 Å². The summed E-state index contributed by atoms with van der Waals surface area (Å²) in [6.07, 6.45) is 2.09. The van der Waals surface area contributed by atoms with Crippen molar-refractivity contribution in [2.24, 2.45) is 0 Å². The standard InChI is InChI=1S/C12H23BrN2O2/c1-9(12(13)5-6-12)14-7-8-15-10(16)17-11(2,3)4/h9,14H,5-8H2,1-4H3,(H,15,16). The maximum absolute atomic E-state index is 11.3. The van der Waals surface area contributed by atoms with Crippen molar-refractivity contribution in [3.63, 3.8) is 0 Å². The number of hydrogen-bond donors (Lipinski definition) is 2. The zero-order chi connectivity index (χ0) is 13.1. The molecule has 100 valence electrons. The molecule has 2 N–H and O–H groups in total. The highest BCUT2D eigenvalue weighted by atomic mass is 79.9. The third kappa shape index (κ3) is 5.73. The Morgan fingerprint density at radius 3 is 2.47 bits per heavy atom. The van der Waals surface area contributed by atoms with Gasteiger partial charge in [0.25, 0.3) is 0 Å². The van der Waals surface area contributed by atoms with E-state index >= 15 is 0 Å². The largest absolute Gasteiger partial charge is 0.444 e. The van der Waals surface area contributed by atoms with E-state index in [4.69, 9.17) is 4.74 Å². The van der Waals surface area contributed by atoms with E-state index in [1.54, 1.807) is 0 Å². The molecular formula is C12H23BrN2O2. The molecule has 0 aromatic rings. The van der Waals surface area contributed by atoms with Crippen LogP contribution in [0.25, 0.3) is 0 Å². The van der Waals surface area contributed by atoms with E-state index in [0.717, 1.165) is 6.54 Å². The summed E-state index contributed by atoms with van der Waals surface area (Å²) < 4.78 is 5.43. The first-order chi connectivity index (χ1) is 7.73. The Morgan fingerprint density at radius 2 is 2.00 bits per heavy atom. The normalized spacial score (nSPS) is 19.6. The summed E-state index contributed by atoms with van der Waals surface area (Å²) in [6.45, 7) is 9.07. The molecule has 1 aliphatic carbocycles. The summed E-state index contributed by atoms with van der Waals surface area (Å²) in [5.41, 5.74) is -0.432. The lowest BCUT2D eigenvalue weighted by Gasteiger charge is -2.21. The Bertz CT molecular complexity index is 272. The number of carbonyl (C=O) groups excluding carboxylic acids is 1. The quantitative estimate of drug-likeness (QED) is 0.606. The number of ether oxygens (including phenoxy) is 1. The lowest BCUT2D eigenvalue weighted by atomic mass is 10.2. The van der Waals surface area contributed by atoms with Crippen LogP contribution in [0.15, 0.2) is 0 Å². The molecule has 1 rings (SSSR count). The molecule has 0 radical (unpaired) electrons.